The van der Waals surface area contributed by atoms with Crippen LogP contribution in [0.1, 0.15) is 40.9 Å². The number of carbonyl (C=O) groups excluding carboxylic acids is 1. The van der Waals surface area contributed by atoms with E-state index in [4.69, 9.17) is 14.0 Å². The number of aromatic carboxylic acids is 1. The summed E-state index contributed by atoms with van der Waals surface area (Å²) in [5.41, 5.74) is 0. The number of nitrogens with zero attached hydrogens (tertiary/aromatic N) is 2. The highest BCUT2D eigenvalue weighted by Crippen LogP contribution is 2.08. The van der Waals surface area contributed by atoms with Crippen LogP contribution in [0.5, 0.6) is 0 Å². The Morgan fingerprint density at radius 1 is 1.38 bits per heavy atom. The number of carboxylic acids is 1. The zero-order valence-corrected chi connectivity index (χ0v) is 11.5. The summed E-state index contributed by atoms with van der Waals surface area (Å²) in [5.74, 6) is 0.0418. The molecule has 21 heavy (non-hydrogen) atoms. The molecule has 2 heterocycles. The zero-order valence-electron chi connectivity index (χ0n) is 11.5. The van der Waals surface area contributed by atoms with Crippen LogP contribution in [0, 0.1) is 6.92 Å². The van der Waals surface area contributed by atoms with E-state index in [2.05, 4.69) is 15.5 Å². The van der Waals surface area contributed by atoms with E-state index in [0.29, 0.717) is 36.7 Å². The van der Waals surface area contributed by atoms with E-state index in [1.54, 1.807) is 6.92 Å². The fourth-order valence-electron chi connectivity index (χ4n) is 1.70. The second-order valence-corrected chi connectivity index (χ2v) is 4.44. The van der Waals surface area contributed by atoms with Crippen LogP contribution in [-0.2, 0) is 17.8 Å². The maximum absolute atomic E-state index is 11.6. The zero-order chi connectivity index (χ0) is 15.2. The third-order valence-corrected chi connectivity index (χ3v) is 2.70. The van der Waals surface area contributed by atoms with Gasteiger partial charge in [-0.2, -0.15) is 4.98 Å². The molecule has 112 valence electrons. The van der Waals surface area contributed by atoms with Crippen molar-refractivity contribution in [3.05, 3.63) is 35.4 Å². The second kappa shape index (κ2) is 6.69. The Hall–Kier alpha value is -2.64. The Kier molecular flexibility index (Phi) is 4.70. The van der Waals surface area contributed by atoms with E-state index in [0.717, 1.165) is 0 Å². The minimum Gasteiger partial charge on any atom is -0.475 e. The number of hydrogen-bond donors (Lipinski definition) is 2. The van der Waals surface area contributed by atoms with Crippen molar-refractivity contribution in [2.24, 2.45) is 0 Å². The summed E-state index contributed by atoms with van der Waals surface area (Å²) < 4.78 is 9.96. The van der Waals surface area contributed by atoms with Crippen molar-refractivity contribution in [3.63, 3.8) is 0 Å². The van der Waals surface area contributed by atoms with E-state index in [1.807, 2.05) is 0 Å². The second-order valence-electron chi connectivity index (χ2n) is 4.44. The number of aromatic nitrogens is 2. The van der Waals surface area contributed by atoms with Gasteiger partial charge >= 0.3 is 5.97 Å². The quantitative estimate of drug-likeness (QED) is 0.789. The summed E-state index contributed by atoms with van der Waals surface area (Å²) in [6.45, 7) is 1.89. The van der Waals surface area contributed by atoms with Gasteiger partial charge in [-0.05, 0) is 25.5 Å². The van der Waals surface area contributed by atoms with E-state index in [-0.39, 0.29) is 18.2 Å². The van der Waals surface area contributed by atoms with Gasteiger partial charge in [-0.3, -0.25) is 4.79 Å². The largest absolute Gasteiger partial charge is 0.475 e. The lowest BCUT2D eigenvalue weighted by Gasteiger charge is -2.02. The lowest BCUT2D eigenvalue weighted by atomic mass is 10.2. The molecule has 0 aromatic carbocycles. The number of furan rings is 1. The average Bonchev–Trinajstić information content (AvgIpc) is 3.05. The van der Waals surface area contributed by atoms with E-state index in [1.165, 1.54) is 12.1 Å². The van der Waals surface area contributed by atoms with Gasteiger partial charge in [-0.25, -0.2) is 4.79 Å². The van der Waals surface area contributed by atoms with Crippen LogP contribution in [-0.4, -0.2) is 27.1 Å². The monoisotopic (exact) mass is 293 g/mol. The van der Waals surface area contributed by atoms with Gasteiger partial charge in [-0.15, -0.1) is 0 Å². The van der Waals surface area contributed by atoms with Gasteiger partial charge in [0.1, 0.15) is 5.76 Å². The summed E-state index contributed by atoms with van der Waals surface area (Å²) in [6, 6.07) is 2.87. The maximum Gasteiger partial charge on any atom is 0.371 e. The summed E-state index contributed by atoms with van der Waals surface area (Å²) >= 11 is 0. The molecule has 0 saturated heterocycles. The van der Waals surface area contributed by atoms with Crippen LogP contribution in [0.4, 0.5) is 0 Å². The Morgan fingerprint density at radius 3 is 2.81 bits per heavy atom. The molecule has 2 aromatic rings. The molecule has 0 aliphatic rings. The van der Waals surface area contributed by atoms with Crippen LogP contribution >= 0.6 is 0 Å². The lowest BCUT2D eigenvalue weighted by molar-refractivity contribution is -0.121. The lowest BCUT2D eigenvalue weighted by Crippen LogP contribution is -2.22. The van der Waals surface area contributed by atoms with Crippen molar-refractivity contribution in [3.8, 4) is 0 Å². The molecule has 8 heteroatoms. The molecule has 0 spiro atoms. The van der Waals surface area contributed by atoms with Gasteiger partial charge in [0.25, 0.3) is 0 Å². The number of carboxylic acid groups (broad SMARTS) is 1. The molecule has 0 aliphatic carbocycles. The minimum absolute atomic E-state index is 0.147. The van der Waals surface area contributed by atoms with Gasteiger partial charge in [0, 0.05) is 12.8 Å². The number of hydrogen-bond acceptors (Lipinski definition) is 6. The minimum atomic E-state index is -1.14. The number of carbonyl (C=O) groups is 2. The van der Waals surface area contributed by atoms with Gasteiger partial charge in [0.05, 0.1) is 6.54 Å². The van der Waals surface area contributed by atoms with E-state index >= 15 is 0 Å². The molecule has 2 aromatic heterocycles. The summed E-state index contributed by atoms with van der Waals surface area (Å²) in [5, 5.41) is 15.0. The van der Waals surface area contributed by atoms with Crippen molar-refractivity contribution in [2.75, 3.05) is 0 Å². The summed E-state index contributed by atoms with van der Waals surface area (Å²) in [6.07, 6.45) is 1.44. The van der Waals surface area contributed by atoms with Crippen molar-refractivity contribution >= 4 is 11.9 Å². The van der Waals surface area contributed by atoms with Crippen molar-refractivity contribution in [2.45, 2.75) is 32.7 Å². The Labute approximate surface area is 120 Å². The molecule has 2 N–H and O–H groups in total. The van der Waals surface area contributed by atoms with Gasteiger partial charge in [-0.1, -0.05) is 5.16 Å². The Balaban J connectivity index is 1.68. The molecular formula is C13H15N3O5. The van der Waals surface area contributed by atoms with Gasteiger partial charge in [0.15, 0.2) is 5.82 Å². The first-order valence-electron chi connectivity index (χ1n) is 6.42. The van der Waals surface area contributed by atoms with E-state index in [9.17, 15) is 9.59 Å². The Morgan fingerprint density at radius 2 is 2.19 bits per heavy atom. The number of nitrogens with one attached hydrogen (secondary N) is 1. The SMILES string of the molecule is Cc1noc(CCCC(=O)NCc2ccc(C(=O)O)o2)n1. The fourth-order valence-corrected chi connectivity index (χ4v) is 1.70. The van der Waals surface area contributed by atoms with Crippen LogP contribution in [0.15, 0.2) is 21.1 Å². The maximum atomic E-state index is 11.6. The van der Waals surface area contributed by atoms with Crippen LogP contribution in [0.3, 0.4) is 0 Å². The van der Waals surface area contributed by atoms with Crippen molar-refractivity contribution in [1.29, 1.82) is 0 Å². The first-order chi connectivity index (χ1) is 10.0. The predicted octanol–water partition coefficient (Wildman–Crippen LogP) is 1.31. The van der Waals surface area contributed by atoms with E-state index < -0.39 is 5.97 Å². The fraction of sp³-hybridized carbons (Fsp3) is 0.385. The topological polar surface area (TPSA) is 118 Å². The number of amides is 1. The normalized spacial score (nSPS) is 10.5. The molecular weight excluding hydrogens is 278 g/mol. The van der Waals surface area contributed by atoms with Crippen molar-refractivity contribution in [1.82, 2.24) is 15.5 Å². The first kappa shape index (κ1) is 14.8. The highest BCUT2D eigenvalue weighted by Gasteiger charge is 2.10. The highest BCUT2D eigenvalue weighted by molar-refractivity contribution is 5.84. The van der Waals surface area contributed by atoms with Crippen LogP contribution in [0.25, 0.3) is 0 Å². The molecule has 0 aliphatic heterocycles. The molecule has 8 nitrogen and oxygen atoms in total. The average molecular weight is 293 g/mol. The first-order valence-corrected chi connectivity index (χ1v) is 6.42. The van der Waals surface area contributed by atoms with Crippen LogP contribution in [0.2, 0.25) is 0 Å². The van der Waals surface area contributed by atoms with Gasteiger partial charge < -0.3 is 19.4 Å². The smallest absolute Gasteiger partial charge is 0.371 e. The van der Waals surface area contributed by atoms with Crippen LogP contribution < -0.4 is 5.32 Å². The molecule has 2 rings (SSSR count). The predicted molar refractivity (Wildman–Crippen MR) is 69.5 cm³/mol. The molecule has 0 fully saturated rings. The third kappa shape index (κ3) is 4.44. The molecule has 0 saturated carbocycles. The number of rotatable bonds is 7. The highest BCUT2D eigenvalue weighted by atomic mass is 16.5. The molecule has 0 atom stereocenters. The third-order valence-electron chi connectivity index (χ3n) is 2.70. The standard InChI is InChI=1S/C13H15N3O5/c1-8-15-12(21-16-8)4-2-3-11(17)14-7-9-5-6-10(20-9)13(18)19/h5-6H,2-4,7H2,1H3,(H,14,17)(H,18,19). The molecule has 0 radical (unpaired) electrons. The number of aryl methyl sites for hydroxylation is 2. The summed E-state index contributed by atoms with van der Waals surface area (Å²) in [4.78, 5) is 26.3. The Bertz CT molecular complexity index is 631. The summed E-state index contributed by atoms with van der Waals surface area (Å²) in [7, 11) is 0. The molecule has 0 bridgehead atoms. The van der Waals surface area contributed by atoms with Crippen molar-refractivity contribution < 1.29 is 23.6 Å². The molecule has 0 unspecified atom stereocenters. The van der Waals surface area contributed by atoms with Gasteiger partial charge in [0.2, 0.25) is 17.6 Å². The molecule has 1 amide bonds.